The van der Waals surface area contributed by atoms with Gasteiger partial charge in [-0.25, -0.2) is 18.2 Å². The Morgan fingerprint density at radius 3 is 2.31 bits per heavy atom. The van der Waals surface area contributed by atoms with Crippen LogP contribution in [0.3, 0.4) is 0 Å². The van der Waals surface area contributed by atoms with Crippen LogP contribution in [0.25, 0.3) is 0 Å². The Bertz CT molecular complexity index is 1450. The first-order valence-electron chi connectivity index (χ1n) is 12.6. The molecule has 1 unspecified atom stereocenters. The quantitative estimate of drug-likeness (QED) is 0.350. The van der Waals surface area contributed by atoms with Gasteiger partial charge in [-0.2, -0.15) is 9.41 Å². The highest BCUT2D eigenvalue weighted by molar-refractivity contribution is 7.89. The summed E-state index contributed by atoms with van der Waals surface area (Å²) in [5.41, 5.74) is 2.54. The second-order valence-electron chi connectivity index (χ2n) is 8.84. The second kappa shape index (κ2) is 12.2. The number of rotatable bonds is 10. The molecule has 204 valence electrons. The maximum absolute atomic E-state index is 13.3. The summed E-state index contributed by atoms with van der Waals surface area (Å²) >= 11 is 0. The molecule has 0 spiro atoms. The van der Waals surface area contributed by atoms with Crippen molar-refractivity contribution in [3.05, 3.63) is 95.6 Å². The van der Waals surface area contributed by atoms with Gasteiger partial charge in [0.05, 0.1) is 29.3 Å². The Balaban J connectivity index is 1.52. The molecule has 1 aliphatic heterocycles. The fraction of sp³-hybridized carbons (Fsp3) is 0.276. The predicted molar refractivity (Wildman–Crippen MR) is 147 cm³/mol. The van der Waals surface area contributed by atoms with Crippen molar-refractivity contribution in [1.29, 1.82) is 0 Å². The summed E-state index contributed by atoms with van der Waals surface area (Å²) in [5, 5.41) is 5.93. The zero-order valence-corrected chi connectivity index (χ0v) is 22.9. The largest absolute Gasteiger partial charge is 0.497 e. The van der Waals surface area contributed by atoms with Gasteiger partial charge in [0.15, 0.2) is 6.61 Å². The average molecular weight is 550 g/mol. The van der Waals surface area contributed by atoms with Crippen LogP contribution in [0, 0.1) is 0 Å². The molecule has 9 nitrogen and oxygen atoms in total. The molecule has 0 fully saturated rings. The van der Waals surface area contributed by atoms with E-state index in [1.54, 1.807) is 21.0 Å². The van der Waals surface area contributed by atoms with E-state index in [1.807, 2.05) is 54.6 Å². The van der Waals surface area contributed by atoms with Crippen LogP contribution in [0.4, 0.5) is 0 Å². The van der Waals surface area contributed by atoms with Gasteiger partial charge < -0.3 is 9.47 Å². The van der Waals surface area contributed by atoms with Crippen LogP contribution in [-0.4, -0.2) is 62.1 Å². The van der Waals surface area contributed by atoms with Crippen LogP contribution in [0.1, 0.15) is 47.8 Å². The smallest absolute Gasteiger partial charge is 0.338 e. The fourth-order valence-electron chi connectivity index (χ4n) is 4.40. The van der Waals surface area contributed by atoms with Crippen LogP contribution in [0.2, 0.25) is 0 Å². The molecular formula is C29H31N3O6S. The topological polar surface area (TPSA) is 106 Å². The molecule has 1 heterocycles. The lowest BCUT2D eigenvalue weighted by molar-refractivity contribution is -0.136. The maximum Gasteiger partial charge on any atom is 0.338 e. The highest BCUT2D eigenvalue weighted by Crippen LogP contribution is 2.33. The van der Waals surface area contributed by atoms with Crippen LogP contribution in [-0.2, 0) is 19.6 Å². The van der Waals surface area contributed by atoms with Crippen molar-refractivity contribution < 1.29 is 27.5 Å². The number of hydrazone groups is 1. The summed E-state index contributed by atoms with van der Waals surface area (Å²) in [7, 11) is -2.17. The third kappa shape index (κ3) is 6.18. The normalized spacial score (nSPS) is 15.2. The first-order valence-corrected chi connectivity index (χ1v) is 14.1. The summed E-state index contributed by atoms with van der Waals surface area (Å²) in [6.45, 7) is 3.55. The average Bonchev–Trinajstić information content (AvgIpc) is 3.42. The van der Waals surface area contributed by atoms with Crippen molar-refractivity contribution in [3.8, 4) is 5.75 Å². The summed E-state index contributed by atoms with van der Waals surface area (Å²) in [4.78, 5) is 26.1. The summed E-state index contributed by atoms with van der Waals surface area (Å²) in [6.07, 6.45) is 0.487. The van der Waals surface area contributed by atoms with Crippen molar-refractivity contribution >= 4 is 27.6 Å². The number of hydrogen-bond acceptors (Lipinski definition) is 7. The number of amides is 1. The van der Waals surface area contributed by atoms with E-state index in [1.165, 1.54) is 33.6 Å². The zero-order valence-electron chi connectivity index (χ0n) is 22.1. The van der Waals surface area contributed by atoms with Crippen molar-refractivity contribution in [2.24, 2.45) is 5.10 Å². The molecular weight excluding hydrogens is 518 g/mol. The molecule has 0 aliphatic carbocycles. The van der Waals surface area contributed by atoms with Gasteiger partial charge in [0, 0.05) is 19.5 Å². The monoisotopic (exact) mass is 549 g/mol. The SMILES string of the molecule is CCN(CC)S(=O)(=O)c1cccc(C(=O)OCC(=O)N2N=C(c3ccccc3)CC2c2ccc(OC)cc2)c1. The second-order valence-corrected chi connectivity index (χ2v) is 10.8. The number of hydrogen-bond donors (Lipinski definition) is 0. The van der Waals surface area contributed by atoms with E-state index in [0.29, 0.717) is 25.3 Å². The number of sulfonamides is 1. The highest BCUT2D eigenvalue weighted by Gasteiger charge is 2.33. The molecule has 0 bridgehead atoms. The van der Waals surface area contributed by atoms with E-state index in [4.69, 9.17) is 9.47 Å². The number of esters is 1. The molecule has 0 saturated heterocycles. The Morgan fingerprint density at radius 1 is 0.974 bits per heavy atom. The minimum Gasteiger partial charge on any atom is -0.497 e. The number of carbonyl (C=O) groups is 2. The summed E-state index contributed by atoms with van der Waals surface area (Å²) < 4.78 is 37.6. The lowest BCUT2D eigenvalue weighted by Crippen LogP contribution is -2.31. The van der Waals surface area contributed by atoms with Crippen molar-refractivity contribution in [3.63, 3.8) is 0 Å². The van der Waals surface area contributed by atoms with Crippen LogP contribution < -0.4 is 4.74 Å². The van der Waals surface area contributed by atoms with Gasteiger partial charge in [-0.05, 0) is 41.5 Å². The van der Waals surface area contributed by atoms with Gasteiger partial charge in [0.2, 0.25) is 10.0 Å². The van der Waals surface area contributed by atoms with Crippen molar-refractivity contribution in [2.45, 2.75) is 31.2 Å². The minimum absolute atomic E-state index is 0.0109. The van der Waals surface area contributed by atoms with Crippen molar-refractivity contribution in [2.75, 3.05) is 26.8 Å². The Hall–Kier alpha value is -4.02. The molecule has 3 aromatic carbocycles. The molecule has 0 aromatic heterocycles. The Kier molecular flexibility index (Phi) is 8.78. The molecule has 3 aromatic rings. The number of methoxy groups -OCH3 is 1. The zero-order chi connectivity index (χ0) is 28.0. The van der Waals surface area contributed by atoms with E-state index < -0.39 is 28.5 Å². The Labute approximate surface area is 228 Å². The standard InChI is InChI=1S/C29H31N3O6S/c1-4-31(5-2)39(35,36)25-13-9-12-23(18-25)29(34)38-20-28(33)32-27(22-14-16-24(37-3)17-15-22)19-26(30-32)21-10-7-6-8-11-21/h6-18,27H,4-5,19-20H2,1-3H3. The third-order valence-corrected chi connectivity index (χ3v) is 8.56. The number of carbonyl (C=O) groups excluding carboxylic acids is 2. The first kappa shape index (κ1) is 28.0. The molecule has 1 aliphatic rings. The predicted octanol–water partition coefficient (Wildman–Crippen LogP) is 4.26. The van der Waals surface area contributed by atoms with Crippen LogP contribution >= 0.6 is 0 Å². The Morgan fingerprint density at radius 2 is 1.67 bits per heavy atom. The molecule has 39 heavy (non-hydrogen) atoms. The molecule has 10 heteroatoms. The van der Waals surface area contributed by atoms with Crippen molar-refractivity contribution in [1.82, 2.24) is 9.31 Å². The molecule has 1 amide bonds. The van der Waals surface area contributed by atoms with Gasteiger partial charge in [-0.1, -0.05) is 62.4 Å². The van der Waals surface area contributed by atoms with E-state index in [9.17, 15) is 18.0 Å². The maximum atomic E-state index is 13.3. The van der Waals surface area contributed by atoms with E-state index in [0.717, 1.165) is 16.8 Å². The number of nitrogens with zero attached hydrogens (tertiary/aromatic N) is 3. The molecule has 1 atom stereocenters. The van der Waals surface area contributed by atoms with Gasteiger partial charge >= 0.3 is 5.97 Å². The summed E-state index contributed by atoms with van der Waals surface area (Å²) in [6, 6.07) is 22.2. The minimum atomic E-state index is -3.75. The molecule has 0 radical (unpaired) electrons. The van der Waals surface area contributed by atoms with Gasteiger partial charge in [-0.3, -0.25) is 4.79 Å². The van der Waals surface area contributed by atoms with Gasteiger partial charge in [0.25, 0.3) is 5.91 Å². The number of ether oxygens (including phenoxy) is 2. The lowest BCUT2D eigenvalue weighted by Gasteiger charge is -2.22. The van der Waals surface area contributed by atoms with Crippen LogP contribution in [0.5, 0.6) is 5.75 Å². The number of benzene rings is 3. The van der Waals surface area contributed by atoms with E-state index in [-0.39, 0.29) is 16.5 Å². The fourth-order valence-corrected chi connectivity index (χ4v) is 5.91. The molecule has 4 rings (SSSR count). The lowest BCUT2D eigenvalue weighted by atomic mass is 9.98. The van der Waals surface area contributed by atoms with E-state index in [2.05, 4.69) is 5.10 Å². The molecule has 0 N–H and O–H groups in total. The summed E-state index contributed by atoms with van der Waals surface area (Å²) in [5.74, 6) is -0.604. The molecule has 0 saturated carbocycles. The van der Waals surface area contributed by atoms with E-state index >= 15 is 0 Å². The third-order valence-electron chi connectivity index (χ3n) is 6.51. The van der Waals surface area contributed by atoms with Gasteiger partial charge in [-0.15, -0.1) is 0 Å². The van der Waals surface area contributed by atoms with Crippen LogP contribution in [0.15, 0.2) is 88.9 Å². The van der Waals surface area contributed by atoms with Gasteiger partial charge in [0.1, 0.15) is 5.75 Å². The highest BCUT2D eigenvalue weighted by atomic mass is 32.2. The first-order chi connectivity index (χ1) is 18.8.